The molecule has 0 amide bonds. The van der Waals surface area contributed by atoms with E-state index in [1.165, 1.54) is 0 Å². The van der Waals surface area contributed by atoms with Gasteiger partial charge in [-0.15, -0.1) is 0 Å². The number of fused-ring (bicyclic) bond motifs is 7. The lowest BCUT2D eigenvalue weighted by molar-refractivity contribution is -0.213. The van der Waals surface area contributed by atoms with Gasteiger partial charge in [-0.1, -0.05) is 107 Å². The van der Waals surface area contributed by atoms with Crippen molar-refractivity contribution in [2.24, 2.45) is 0 Å². The number of ether oxygens (including phenoxy) is 3. The lowest BCUT2D eigenvalue weighted by Crippen LogP contribution is -2.41. The third kappa shape index (κ3) is 9.06. The Morgan fingerprint density at radius 2 is 0.825 bits per heavy atom. The maximum atomic E-state index is 7.13. The maximum Gasteiger partial charge on any atom is 0.387 e. The minimum atomic E-state index is -2.08. The second-order valence-corrected chi connectivity index (χ2v) is 24.7. The minimum Gasteiger partial charge on any atom is -0.399 e. The van der Waals surface area contributed by atoms with Gasteiger partial charge in [0.05, 0.1) is 6.61 Å². The summed E-state index contributed by atoms with van der Waals surface area (Å²) in [5, 5.41) is 3.96. The van der Waals surface area contributed by atoms with Gasteiger partial charge in [0.2, 0.25) is 0 Å². The van der Waals surface area contributed by atoms with Crippen molar-refractivity contribution in [3.8, 4) is 0 Å². The predicted molar refractivity (Wildman–Crippen MR) is 257 cm³/mol. The maximum absolute atomic E-state index is 7.13. The Labute approximate surface area is 375 Å². The number of hydrogen-bond donors (Lipinski definition) is 0. The molecule has 0 spiro atoms. The fourth-order valence-electron chi connectivity index (χ4n) is 8.99. The summed E-state index contributed by atoms with van der Waals surface area (Å²) in [4.78, 5) is 0. The average molecular weight is 899 g/mol. The van der Waals surface area contributed by atoms with Crippen molar-refractivity contribution in [3.05, 3.63) is 93.0 Å². The highest BCUT2D eigenvalue weighted by atomic mass is 31.1. The molecule has 4 atom stereocenters. The summed E-state index contributed by atoms with van der Waals surface area (Å²) >= 11 is 0. The second-order valence-electron chi connectivity index (χ2n) is 22.6. The Kier molecular flexibility index (Phi) is 11.6. The van der Waals surface area contributed by atoms with Crippen molar-refractivity contribution in [2.75, 3.05) is 6.61 Å². The zero-order valence-corrected chi connectivity index (χ0v) is 42.5. The van der Waals surface area contributed by atoms with Crippen LogP contribution in [-0.4, -0.2) is 37.0 Å². The highest BCUT2D eigenvalue weighted by Gasteiger charge is 2.56. The fraction of sp³-hybridized carbons (Fsp3) is 0.538. The quantitative estimate of drug-likeness (QED) is 0.167. The van der Waals surface area contributed by atoms with E-state index >= 15 is 0 Å². The van der Waals surface area contributed by atoms with Crippen LogP contribution in [0.5, 0.6) is 0 Å². The topological polar surface area (TPSA) is 98.7 Å². The van der Waals surface area contributed by atoms with Crippen LogP contribution >= 0.6 is 16.5 Å². The van der Waals surface area contributed by atoms with E-state index in [1.807, 2.05) is 13.8 Å². The Balaban J connectivity index is 1.30. The SMILES string of the molecule is Cc1cc(C(C)(C)C)c2op(OC[C@H]3O[C@@H]4OC(C)(C)O[C@@H]4[C@H]3Op3oc4c(C(C)(C)C)cc(C)cc4c4cc(C)cc(C(C)(C)C)c4o3)oc3c(C(C)(C)C)cc(C)cc3c2c1. The van der Waals surface area contributed by atoms with Crippen molar-refractivity contribution in [1.82, 2.24) is 0 Å². The molecule has 2 saturated heterocycles. The molecule has 0 saturated carbocycles. The summed E-state index contributed by atoms with van der Waals surface area (Å²) in [6, 6.07) is 17.6. The largest absolute Gasteiger partial charge is 0.399 e. The van der Waals surface area contributed by atoms with E-state index in [9.17, 15) is 0 Å². The van der Waals surface area contributed by atoms with E-state index in [4.69, 9.17) is 40.0 Å². The molecule has 9 nitrogen and oxygen atoms in total. The summed E-state index contributed by atoms with van der Waals surface area (Å²) in [6.45, 7) is 38.9. The molecule has 340 valence electrons. The third-order valence-corrected chi connectivity index (χ3v) is 14.2. The average Bonchev–Trinajstić information content (AvgIpc) is 3.47. The van der Waals surface area contributed by atoms with Crippen LogP contribution in [0.2, 0.25) is 0 Å². The van der Waals surface area contributed by atoms with Crippen molar-refractivity contribution in [3.63, 3.8) is 0 Å². The molecule has 2 aliphatic rings. The predicted octanol–water partition coefficient (Wildman–Crippen LogP) is 15.1. The first kappa shape index (κ1) is 46.0. The first-order valence-electron chi connectivity index (χ1n) is 22.3. The van der Waals surface area contributed by atoms with Crippen LogP contribution in [0.1, 0.15) is 141 Å². The van der Waals surface area contributed by atoms with Gasteiger partial charge in [-0.05, 0) is 110 Å². The van der Waals surface area contributed by atoms with Gasteiger partial charge in [-0.25, -0.2) is 0 Å². The molecule has 2 aromatic heterocycles. The van der Waals surface area contributed by atoms with Crippen LogP contribution in [0.25, 0.3) is 43.9 Å². The lowest BCUT2D eigenvalue weighted by atomic mass is 9.83. The van der Waals surface area contributed by atoms with E-state index < -0.39 is 46.9 Å². The van der Waals surface area contributed by atoms with Gasteiger partial charge in [0.1, 0.15) is 40.6 Å². The van der Waals surface area contributed by atoms with Gasteiger partial charge in [0.15, 0.2) is 12.1 Å². The zero-order chi connectivity index (χ0) is 45.9. The molecule has 0 bridgehead atoms. The summed E-state index contributed by atoms with van der Waals surface area (Å²) < 4.78 is 61.5. The molecule has 0 unspecified atom stereocenters. The van der Waals surface area contributed by atoms with E-state index in [0.717, 1.165) is 88.4 Å². The second kappa shape index (κ2) is 15.8. The first-order valence-corrected chi connectivity index (χ1v) is 24.5. The van der Waals surface area contributed by atoms with Gasteiger partial charge >= 0.3 is 16.5 Å². The number of hydrogen-bond acceptors (Lipinski definition) is 9. The van der Waals surface area contributed by atoms with Gasteiger partial charge in [0.25, 0.3) is 0 Å². The smallest absolute Gasteiger partial charge is 0.387 e. The molecule has 0 radical (unpaired) electrons. The van der Waals surface area contributed by atoms with Crippen molar-refractivity contribution >= 4 is 60.4 Å². The van der Waals surface area contributed by atoms with Crippen molar-refractivity contribution in [1.29, 1.82) is 0 Å². The number of aryl methyl sites for hydroxylation is 4. The van der Waals surface area contributed by atoms with E-state index in [0.29, 0.717) is 0 Å². The molecule has 6 aromatic rings. The summed E-state index contributed by atoms with van der Waals surface area (Å²) in [5.74, 6) is -0.901. The Morgan fingerprint density at radius 1 is 0.492 bits per heavy atom. The van der Waals surface area contributed by atoms with Crippen LogP contribution in [0.4, 0.5) is 0 Å². The minimum absolute atomic E-state index is 0.0594. The van der Waals surface area contributed by atoms with E-state index in [1.54, 1.807) is 0 Å². The number of rotatable bonds is 5. The number of benzene rings is 4. The molecule has 2 aliphatic heterocycles. The van der Waals surface area contributed by atoms with Crippen LogP contribution in [0, 0.1) is 27.7 Å². The van der Waals surface area contributed by atoms with Crippen molar-refractivity contribution < 1.29 is 40.0 Å². The molecule has 0 N–H and O–H groups in total. The Morgan fingerprint density at radius 3 is 1.16 bits per heavy atom. The zero-order valence-electron chi connectivity index (χ0n) is 40.7. The molecule has 8 rings (SSSR count). The third-order valence-electron chi connectivity index (χ3n) is 12.0. The molecule has 2 fully saturated rings. The summed E-state index contributed by atoms with van der Waals surface area (Å²) in [5.41, 5.74) is 11.0. The van der Waals surface area contributed by atoms with Gasteiger partial charge in [-0.2, -0.15) is 0 Å². The molecule has 11 heteroatoms. The van der Waals surface area contributed by atoms with Gasteiger partial charge < -0.3 is 31.0 Å². The highest BCUT2D eigenvalue weighted by Crippen LogP contribution is 2.47. The standard InChI is InChI=1S/C52H68O9P2/c1-28-19-32-33-20-29(2)24-37(49(8,9)10)42(33)58-62(57-41(32)36(23-28)48(5,6)7)53-27-40-45(46-47(54-40)56-52(17,18)55-46)61-63-59-43-34(21-30(3)25-38(43)50(11,12)13)35-22-31(4)26-39(44(35)60-63)51(14,15)16/h19-26,40,45-47H,27H2,1-18H3/t40-,45+,46-,47-/m1/s1. The van der Waals surface area contributed by atoms with E-state index in [-0.39, 0.29) is 28.3 Å². The van der Waals surface area contributed by atoms with Gasteiger partial charge in [-0.3, -0.25) is 9.05 Å². The lowest BCUT2D eigenvalue weighted by Gasteiger charge is -2.24. The van der Waals surface area contributed by atoms with Crippen LogP contribution in [-0.2, 0) is 35.9 Å². The van der Waals surface area contributed by atoms with Crippen LogP contribution in [0.15, 0.2) is 65.3 Å². The molecular formula is C52H68O9P2. The monoisotopic (exact) mass is 898 g/mol. The van der Waals surface area contributed by atoms with E-state index in [2.05, 4.69) is 159 Å². The van der Waals surface area contributed by atoms with Crippen LogP contribution in [0.3, 0.4) is 0 Å². The first-order chi connectivity index (χ1) is 29.1. The molecule has 0 aliphatic carbocycles. The molecule has 4 heterocycles. The normalized spacial score (nSPS) is 20.7. The highest BCUT2D eigenvalue weighted by molar-refractivity contribution is 7.32. The Bertz CT molecular complexity index is 2680. The summed E-state index contributed by atoms with van der Waals surface area (Å²) in [7, 11) is -4.07. The summed E-state index contributed by atoms with van der Waals surface area (Å²) in [6.07, 6.45) is -2.67. The van der Waals surface area contributed by atoms with Crippen molar-refractivity contribution in [2.45, 2.75) is 177 Å². The van der Waals surface area contributed by atoms with Crippen LogP contribution < -0.4 is 9.05 Å². The molecular weight excluding hydrogens is 831 g/mol. The molecule has 63 heavy (non-hydrogen) atoms. The molecule has 4 aromatic carbocycles. The fourth-order valence-corrected chi connectivity index (χ4v) is 11.4. The van der Waals surface area contributed by atoms with Gasteiger partial charge in [0, 0.05) is 43.8 Å². The Hall–Kier alpha value is -3.52.